The molecule has 150 valence electrons. The molecule has 1 saturated heterocycles. The molecule has 1 aliphatic rings. The number of hydroxylamine groups is 2. The Labute approximate surface area is 171 Å². The molecule has 28 heavy (non-hydrogen) atoms. The van der Waals surface area contributed by atoms with Gasteiger partial charge < -0.3 is 10.0 Å². The predicted octanol–water partition coefficient (Wildman–Crippen LogP) is 2.26. The lowest BCUT2D eigenvalue weighted by atomic mass is 10.1. The number of carboxylic acid groups (broad SMARTS) is 1. The van der Waals surface area contributed by atoms with E-state index in [1.165, 1.54) is 0 Å². The van der Waals surface area contributed by atoms with Crippen molar-refractivity contribution in [3.05, 3.63) is 65.2 Å². The number of carbonyl (C=O) groups is 1. The first kappa shape index (κ1) is 20.8. The van der Waals surface area contributed by atoms with Crippen LogP contribution in [0, 0.1) is 0 Å². The van der Waals surface area contributed by atoms with Crippen molar-refractivity contribution in [3.8, 4) is 0 Å². The molecule has 0 aliphatic carbocycles. The first-order valence-electron chi connectivity index (χ1n) is 8.90. The highest BCUT2D eigenvalue weighted by Gasteiger charge is 2.24. The number of anilines is 1. The van der Waals surface area contributed by atoms with Crippen LogP contribution in [0.15, 0.2) is 54.6 Å². The molecule has 0 bridgehead atoms. The maximum Gasteiger partial charge on any atom is 0.322 e. The fraction of sp³-hybridized carbons (Fsp3) is 0.316. The zero-order chi connectivity index (χ0) is 19.9. The van der Waals surface area contributed by atoms with E-state index in [1.54, 1.807) is 5.06 Å². The van der Waals surface area contributed by atoms with Crippen molar-refractivity contribution in [3.63, 3.8) is 0 Å². The Balaban J connectivity index is 1.48. The molecular weight excluding hydrogens is 402 g/mol. The Bertz CT molecular complexity index is 799. The van der Waals surface area contributed by atoms with E-state index in [0.717, 1.165) is 11.3 Å². The van der Waals surface area contributed by atoms with E-state index in [4.69, 9.17) is 15.9 Å². The van der Waals surface area contributed by atoms with Gasteiger partial charge in [0, 0.05) is 36.9 Å². The van der Waals surface area contributed by atoms with Crippen LogP contribution in [0.5, 0.6) is 0 Å². The van der Waals surface area contributed by atoms with E-state index in [-0.39, 0.29) is 6.42 Å². The molecular formula is C19H22ClN3O4S. The van der Waals surface area contributed by atoms with E-state index in [2.05, 4.69) is 9.62 Å². The quantitative estimate of drug-likeness (QED) is 0.677. The van der Waals surface area contributed by atoms with Crippen LogP contribution in [0.2, 0.25) is 5.02 Å². The summed E-state index contributed by atoms with van der Waals surface area (Å²) in [5.41, 5.74) is 1.91. The number of hydrogen-bond donors (Lipinski definition) is 2. The fourth-order valence-corrected chi connectivity index (χ4v) is 3.86. The summed E-state index contributed by atoms with van der Waals surface area (Å²) in [5.74, 6) is -1.08. The third kappa shape index (κ3) is 6.02. The van der Waals surface area contributed by atoms with Crippen LogP contribution in [0.4, 0.5) is 5.69 Å². The first-order valence-corrected chi connectivity index (χ1v) is 10.3. The molecule has 1 fully saturated rings. The third-order valence-corrected chi connectivity index (χ3v) is 5.50. The summed E-state index contributed by atoms with van der Waals surface area (Å²) in [6.45, 7) is 2.50. The van der Waals surface area contributed by atoms with Crippen molar-refractivity contribution in [2.24, 2.45) is 0 Å². The van der Waals surface area contributed by atoms with Gasteiger partial charge in [-0.25, -0.2) is 4.21 Å². The number of hydrogen-bond acceptors (Lipinski definition) is 5. The Morgan fingerprint density at radius 3 is 2.36 bits per heavy atom. The molecule has 0 spiro atoms. The number of piperazine rings is 1. The molecule has 9 heteroatoms. The average molecular weight is 424 g/mol. The van der Waals surface area contributed by atoms with Gasteiger partial charge in [0.1, 0.15) is 6.04 Å². The monoisotopic (exact) mass is 423 g/mol. The summed E-state index contributed by atoms with van der Waals surface area (Å²) in [5, 5.41) is 11.7. The summed E-state index contributed by atoms with van der Waals surface area (Å²) in [6, 6.07) is 15.8. The molecule has 2 aromatic rings. The van der Waals surface area contributed by atoms with Crippen LogP contribution in [0.3, 0.4) is 0 Å². The molecule has 0 aromatic heterocycles. The molecule has 1 aliphatic heterocycles. The van der Waals surface area contributed by atoms with Crippen molar-refractivity contribution < 1.29 is 18.4 Å². The van der Waals surface area contributed by atoms with Gasteiger partial charge in [0.25, 0.3) is 11.3 Å². The maximum absolute atomic E-state index is 12.2. The second-order valence-electron chi connectivity index (χ2n) is 6.40. The zero-order valence-corrected chi connectivity index (χ0v) is 16.7. The minimum atomic E-state index is -1.94. The van der Waals surface area contributed by atoms with Crippen LogP contribution in [-0.2, 0) is 26.8 Å². The number of nitrogens with zero attached hydrogens (tertiary/aromatic N) is 2. The van der Waals surface area contributed by atoms with E-state index < -0.39 is 23.3 Å². The topological polar surface area (TPSA) is 82.1 Å². The minimum Gasteiger partial charge on any atom is -0.480 e. The van der Waals surface area contributed by atoms with Gasteiger partial charge in [0.15, 0.2) is 0 Å². The van der Waals surface area contributed by atoms with Gasteiger partial charge in [-0.05, 0) is 36.2 Å². The normalized spacial score (nSPS) is 17.2. The van der Waals surface area contributed by atoms with Crippen LogP contribution >= 0.6 is 11.6 Å². The van der Waals surface area contributed by atoms with Crippen molar-refractivity contribution in [1.29, 1.82) is 0 Å². The predicted molar refractivity (Wildman–Crippen MR) is 109 cm³/mol. The molecule has 2 aromatic carbocycles. The van der Waals surface area contributed by atoms with E-state index in [9.17, 15) is 14.1 Å². The molecule has 7 nitrogen and oxygen atoms in total. The van der Waals surface area contributed by atoms with Gasteiger partial charge in [-0.3, -0.25) is 4.79 Å². The highest BCUT2D eigenvalue weighted by molar-refractivity contribution is 7.78. The van der Waals surface area contributed by atoms with Crippen molar-refractivity contribution in [1.82, 2.24) is 9.79 Å². The maximum atomic E-state index is 12.2. The number of aliphatic carboxylic acids is 1. The van der Waals surface area contributed by atoms with Gasteiger partial charge in [0.05, 0.1) is 0 Å². The Kier molecular flexibility index (Phi) is 7.41. The summed E-state index contributed by atoms with van der Waals surface area (Å²) in [4.78, 5) is 13.7. The molecule has 3 rings (SSSR count). The fourth-order valence-electron chi connectivity index (χ4n) is 2.94. The molecule has 1 heterocycles. The largest absolute Gasteiger partial charge is 0.480 e. The van der Waals surface area contributed by atoms with Crippen LogP contribution in [0.1, 0.15) is 5.56 Å². The smallest absolute Gasteiger partial charge is 0.322 e. The van der Waals surface area contributed by atoms with Crippen molar-refractivity contribution in [2.45, 2.75) is 12.5 Å². The Morgan fingerprint density at radius 1 is 1.11 bits per heavy atom. The first-order chi connectivity index (χ1) is 13.5. The van der Waals surface area contributed by atoms with Crippen LogP contribution < -0.4 is 9.62 Å². The Morgan fingerprint density at radius 2 is 1.75 bits per heavy atom. The zero-order valence-electron chi connectivity index (χ0n) is 15.2. The number of halogens is 1. The summed E-state index contributed by atoms with van der Waals surface area (Å²) in [6.07, 6.45) is 0.218. The van der Waals surface area contributed by atoms with Gasteiger partial charge in [-0.15, -0.1) is 0 Å². The number of rotatable bonds is 8. The van der Waals surface area contributed by atoms with Gasteiger partial charge in [0.2, 0.25) is 0 Å². The molecule has 2 atom stereocenters. The number of benzene rings is 2. The van der Waals surface area contributed by atoms with Crippen molar-refractivity contribution in [2.75, 3.05) is 31.1 Å². The van der Waals surface area contributed by atoms with Gasteiger partial charge >= 0.3 is 5.97 Å². The van der Waals surface area contributed by atoms with Crippen molar-refractivity contribution >= 4 is 34.5 Å². The highest BCUT2D eigenvalue weighted by atomic mass is 35.5. The van der Waals surface area contributed by atoms with E-state index >= 15 is 0 Å². The van der Waals surface area contributed by atoms with Gasteiger partial charge in [-0.1, -0.05) is 41.9 Å². The second-order valence-corrected chi connectivity index (χ2v) is 7.69. The summed E-state index contributed by atoms with van der Waals surface area (Å²) < 4.78 is 20.2. The van der Waals surface area contributed by atoms with E-state index in [1.807, 2.05) is 54.6 Å². The average Bonchev–Trinajstić information content (AvgIpc) is 2.69. The molecule has 0 amide bonds. The lowest BCUT2D eigenvalue weighted by Gasteiger charge is -2.34. The van der Waals surface area contributed by atoms with E-state index in [0.29, 0.717) is 31.2 Å². The summed E-state index contributed by atoms with van der Waals surface area (Å²) in [7, 11) is 0. The Hall–Kier alpha value is -1.97. The molecule has 0 radical (unpaired) electrons. The summed E-state index contributed by atoms with van der Waals surface area (Å²) >= 11 is 3.97. The SMILES string of the molecule is O=C(O)[C@@H](Cc1ccccc1)NS(=O)ON1CCN(c2ccc(Cl)cc2)CC1. The highest BCUT2D eigenvalue weighted by Crippen LogP contribution is 2.19. The minimum absolute atomic E-state index is 0.218. The number of carboxylic acids is 1. The standard InChI is InChI=1S/C19H22ClN3O4S/c20-16-6-8-17(9-7-16)22-10-12-23(13-11-22)27-28(26)21-18(19(24)25)14-15-4-2-1-3-5-15/h1-9,18,21H,10-14H2,(H,24,25)/t18-,28?/m1/s1. The molecule has 1 unspecified atom stereocenters. The van der Waals surface area contributed by atoms with Gasteiger partial charge in [-0.2, -0.15) is 14.1 Å². The lowest BCUT2D eigenvalue weighted by Crippen LogP contribution is -2.48. The van der Waals surface area contributed by atoms with Crippen LogP contribution in [-0.4, -0.2) is 52.6 Å². The lowest BCUT2D eigenvalue weighted by molar-refractivity contribution is -0.139. The van der Waals surface area contributed by atoms with Crippen LogP contribution in [0.25, 0.3) is 0 Å². The number of nitrogens with one attached hydrogen (secondary N) is 1. The third-order valence-electron chi connectivity index (χ3n) is 4.42. The molecule has 0 saturated carbocycles. The second kappa shape index (κ2) is 9.99. The molecule has 2 N–H and O–H groups in total.